The van der Waals surface area contributed by atoms with E-state index in [0.717, 1.165) is 4.88 Å². The maximum atomic E-state index is 12.0. The Balaban J connectivity index is 2.55. The smallest absolute Gasteiger partial charge is 0.348 e. The minimum atomic E-state index is -0.930. The maximum absolute atomic E-state index is 12.0. The molecule has 2 aromatic rings. The van der Waals surface area contributed by atoms with Crippen molar-refractivity contribution in [2.24, 2.45) is 0 Å². The summed E-state index contributed by atoms with van der Waals surface area (Å²) >= 11 is 1.44. The fraction of sp³-hybridized carbons (Fsp3) is 0.385. The number of carbonyl (C=O) groups is 1. The largest absolute Gasteiger partial charge is 0.481 e. The first-order chi connectivity index (χ1) is 9.41. The van der Waals surface area contributed by atoms with Crippen molar-refractivity contribution in [3.63, 3.8) is 0 Å². The number of rotatable bonds is 4. The zero-order valence-corrected chi connectivity index (χ0v) is 12.3. The fourth-order valence-corrected chi connectivity index (χ4v) is 2.81. The molecule has 0 saturated carbocycles. The number of nitrogens with zero attached hydrogens (tertiary/aromatic N) is 3. The molecular weight excluding hydrogens is 278 g/mol. The zero-order chi connectivity index (χ0) is 14.9. The Morgan fingerprint density at radius 3 is 2.75 bits per heavy atom. The molecule has 7 heteroatoms. The van der Waals surface area contributed by atoms with Crippen LogP contribution in [0.2, 0.25) is 0 Å². The summed E-state index contributed by atoms with van der Waals surface area (Å²) in [6, 6.07) is 0. The lowest BCUT2D eigenvalue weighted by Crippen LogP contribution is -2.29. The molecule has 0 aromatic carbocycles. The minimum absolute atomic E-state index is 0.363. The summed E-state index contributed by atoms with van der Waals surface area (Å²) in [6.07, 6.45) is 1.69. The molecule has 6 nitrogen and oxygen atoms in total. The molecule has 0 spiro atoms. The van der Waals surface area contributed by atoms with Gasteiger partial charge in [-0.25, -0.2) is 4.79 Å². The molecule has 0 aliphatic carbocycles. The van der Waals surface area contributed by atoms with Crippen LogP contribution in [0.15, 0.2) is 16.5 Å². The van der Waals surface area contributed by atoms with Crippen LogP contribution in [-0.2, 0) is 11.3 Å². The van der Waals surface area contributed by atoms with Crippen molar-refractivity contribution in [3.05, 3.63) is 44.0 Å². The molecule has 1 atom stereocenters. The van der Waals surface area contributed by atoms with Gasteiger partial charge in [-0.05, 0) is 20.8 Å². The Kier molecular flexibility index (Phi) is 3.99. The predicted molar refractivity (Wildman–Crippen MR) is 75.2 cm³/mol. The predicted octanol–water partition coefficient (Wildman–Crippen LogP) is 1.55. The van der Waals surface area contributed by atoms with Crippen molar-refractivity contribution in [2.45, 2.75) is 33.2 Å². The van der Waals surface area contributed by atoms with Gasteiger partial charge >= 0.3 is 11.7 Å². The van der Waals surface area contributed by atoms with E-state index in [1.165, 1.54) is 15.9 Å². The molecule has 20 heavy (non-hydrogen) atoms. The van der Waals surface area contributed by atoms with Gasteiger partial charge in [0.15, 0.2) is 0 Å². The molecule has 0 bridgehead atoms. The molecule has 2 aromatic heterocycles. The van der Waals surface area contributed by atoms with Crippen molar-refractivity contribution >= 4 is 17.3 Å². The first-order valence-corrected chi connectivity index (χ1v) is 6.98. The van der Waals surface area contributed by atoms with Gasteiger partial charge < -0.3 is 5.11 Å². The van der Waals surface area contributed by atoms with Crippen LogP contribution in [0.4, 0.5) is 0 Å². The van der Waals surface area contributed by atoms with Gasteiger partial charge in [0, 0.05) is 28.0 Å². The number of aliphatic carboxylic acids is 1. The van der Waals surface area contributed by atoms with E-state index in [4.69, 9.17) is 0 Å². The van der Waals surface area contributed by atoms with Gasteiger partial charge in [0.05, 0.1) is 18.0 Å². The third kappa shape index (κ3) is 2.62. The molecule has 0 aliphatic rings. The number of carboxylic acid groups (broad SMARTS) is 1. The van der Waals surface area contributed by atoms with Gasteiger partial charge in [0.25, 0.3) is 0 Å². The number of aryl methyl sites for hydroxylation is 1. The standard InChI is InChI=1S/C13H15N3O3S/c1-7(12(17)18)11-8(2)15-13(19)16(9(11)3)5-10-4-14-6-20-10/h4,6-7H,5H2,1-3H3,(H,17,18). The average molecular weight is 293 g/mol. The van der Waals surface area contributed by atoms with Crippen molar-refractivity contribution in [3.8, 4) is 0 Å². The highest BCUT2D eigenvalue weighted by Crippen LogP contribution is 2.22. The van der Waals surface area contributed by atoms with Gasteiger partial charge in [0.1, 0.15) is 0 Å². The van der Waals surface area contributed by atoms with Crippen molar-refractivity contribution in [1.82, 2.24) is 14.5 Å². The van der Waals surface area contributed by atoms with Crippen LogP contribution < -0.4 is 5.69 Å². The van der Waals surface area contributed by atoms with Gasteiger partial charge in [-0.1, -0.05) is 0 Å². The van der Waals surface area contributed by atoms with Crippen LogP contribution in [0.3, 0.4) is 0 Å². The number of hydrogen-bond donors (Lipinski definition) is 1. The second-order valence-electron chi connectivity index (χ2n) is 4.59. The summed E-state index contributed by atoms with van der Waals surface area (Å²) in [5.41, 5.74) is 3.04. The van der Waals surface area contributed by atoms with Crippen LogP contribution in [0, 0.1) is 13.8 Å². The number of aromatic nitrogens is 3. The van der Waals surface area contributed by atoms with Gasteiger partial charge in [-0.2, -0.15) is 4.98 Å². The first-order valence-electron chi connectivity index (χ1n) is 6.10. The second-order valence-corrected chi connectivity index (χ2v) is 5.56. The van der Waals surface area contributed by atoms with Crippen LogP contribution >= 0.6 is 11.3 Å². The minimum Gasteiger partial charge on any atom is -0.481 e. The molecular formula is C13H15N3O3S. The molecule has 2 heterocycles. The van der Waals surface area contributed by atoms with Crippen LogP contribution in [-0.4, -0.2) is 25.6 Å². The van der Waals surface area contributed by atoms with E-state index >= 15 is 0 Å². The summed E-state index contributed by atoms with van der Waals surface area (Å²) in [5.74, 6) is -1.63. The number of thiazole rings is 1. The van der Waals surface area contributed by atoms with E-state index in [9.17, 15) is 14.7 Å². The van der Waals surface area contributed by atoms with Gasteiger partial charge in [-0.3, -0.25) is 14.3 Å². The Labute approximate surface area is 119 Å². The second kappa shape index (κ2) is 5.54. The van der Waals surface area contributed by atoms with E-state index in [1.807, 2.05) is 0 Å². The van der Waals surface area contributed by atoms with E-state index < -0.39 is 11.9 Å². The van der Waals surface area contributed by atoms with Gasteiger partial charge in [-0.15, -0.1) is 11.3 Å². The molecule has 0 amide bonds. The lowest BCUT2D eigenvalue weighted by Gasteiger charge is -2.17. The third-order valence-corrected chi connectivity index (χ3v) is 4.04. The monoisotopic (exact) mass is 293 g/mol. The SMILES string of the molecule is Cc1nc(=O)n(Cc2cncs2)c(C)c1C(C)C(=O)O. The molecule has 0 aliphatic heterocycles. The van der Waals surface area contributed by atoms with E-state index in [1.54, 1.807) is 32.5 Å². The first kappa shape index (κ1) is 14.4. The maximum Gasteiger partial charge on any atom is 0.348 e. The summed E-state index contributed by atoms with van der Waals surface area (Å²) in [4.78, 5) is 32.1. The molecule has 1 unspecified atom stereocenters. The van der Waals surface area contributed by atoms with E-state index in [2.05, 4.69) is 9.97 Å². The molecule has 0 radical (unpaired) electrons. The average Bonchev–Trinajstić information content (AvgIpc) is 2.86. The fourth-order valence-electron chi connectivity index (χ4n) is 2.23. The highest BCUT2D eigenvalue weighted by molar-refractivity contribution is 7.09. The summed E-state index contributed by atoms with van der Waals surface area (Å²) < 4.78 is 1.50. The lowest BCUT2D eigenvalue weighted by molar-refractivity contribution is -0.138. The third-order valence-electron chi connectivity index (χ3n) is 3.28. The molecule has 1 N–H and O–H groups in total. The highest BCUT2D eigenvalue weighted by atomic mass is 32.1. The Bertz CT molecular complexity index is 692. The van der Waals surface area contributed by atoms with Crippen LogP contribution in [0.25, 0.3) is 0 Å². The van der Waals surface area contributed by atoms with Crippen molar-refractivity contribution in [1.29, 1.82) is 0 Å². The number of carboxylic acids is 1. The Morgan fingerprint density at radius 2 is 2.20 bits per heavy atom. The van der Waals surface area contributed by atoms with Crippen LogP contribution in [0.5, 0.6) is 0 Å². The molecule has 106 valence electrons. The zero-order valence-electron chi connectivity index (χ0n) is 11.5. The highest BCUT2D eigenvalue weighted by Gasteiger charge is 2.22. The van der Waals surface area contributed by atoms with Crippen molar-refractivity contribution < 1.29 is 9.90 Å². The molecule has 0 saturated heterocycles. The summed E-state index contributed by atoms with van der Waals surface area (Å²) in [6.45, 7) is 5.38. The Hall–Kier alpha value is -2.02. The normalized spacial score (nSPS) is 12.3. The topological polar surface area (TPSA) is 85.1 Å². The molecule has 2 rings (SSSR count). The van der Waals surface area contributed by atoms with E-state index in [0.29, 0.717) is 23.5 Å². The Morgan fingerprint density at radius 1 is 1.50 bits per heavy atom. The summed E-state index contributed by atoms with van der Waals surface area (Å²) in [7, 11) is 0. The summed E-state index contributed by atoms with van der Waals surface area (Å²) in [5, 5.41) is 9.18. The van der Waals surface area contributed by atoms with Gasteiger partial charge in [0.2, 0.25) is 0 Å². The van der Waals surface area contributed by atoms with E-state index in [-0.39, 0.29) is 5.69 Å². The lowest BCUT2D eigenvalue weighted by atomic mass is 9.98. The number of hydrogen-bond acceptors (Lipinski definition) is 5. The molecule has 0 fully saturated rings. The van der Waals surface area contributed by atoms with Crippen molar-refractivity contribution in [2.75, 3.05) is 0 Å². The van der Waals surface area contributed by atoms with Crippen LogP contribution in [0.1, 0.15) is 34.7 Å². The quantitative estimate of drug-likeness (QED) is 0.924.